The molecule has 0 aliphatic carbocycles. The summed E-state index contributed by atoms with van der Waals surface area (Å²) in [5.41, 5.74) is 0.922. The summed E-state index contributed by atoms with van der Waals surface area (Å²) in [4.78, 5) is 0. The summed E-state index contributed by atoms with van der Waals surface area (Å²) in [5.74, 6) is 2.42. The van der Waals surface area contributed by atoms with E-state index in [0.29, 0.717) is 6.04 Å². The van der Waals surface area contributed by atoms with Gasteiger partial charge in [-0.15, -0.1) is 5.10 Å². The molecule has 1 aliphatic heterocycles. The second-order valence-electron chi connectivity index (χ2n) is 3.83. The van der Waals surface area contributed by atoms with Crippen LogP contribution in [-0.2, 0) is 10.8 Å². The number of nitrogens with zero attached hydrogens (tertiary/aromatic N) is 2. The zero-order valence-corrected chi connectivity index (χ0v) is 9.59. The van der Waals surface area contributed by atoms with Crippen molar-refractivity contribution in [3.63, 3.8) is 0 Å². The van der Waals surface area contributed by atoms with Gasteiger partial charge in [-0.3, -0.25) is 4.21 Å². The summed E-state index contributed by atoms with van der Waals surface area (Å²) < 4.78 is 11.2. The van der Waals surface area contributed by atoms with Crippen molar-refractivity contribution in [1.29, 1.82) is 0 Å². The van der Waals surface area contributed by atoms with Crippen molar-refractivity contribution in [1.82, 2.24) is 10.2 Å². The summed E-state index contributed by atoms with van der Waals surface area (Å²) in [5, 5.41) is 11.4. The average molecular weight is 225 g/mol. The lowest BCUT2D eigenvalue weighted by Gasteiger charge is -2.22. The van der Waals surface area contributed by atoms with E-state index in [1.54, 1.807) is 0 Å². The van der Waals surface area contributed by atoms with Crippen molar-refractivity contribution in [2.75, 3.05) is 16.8 Å². The maximum absolute atomic E-state index is 11.2. The maximum Gasteiger partial charge on any atom is 0.148 e. The van der Waals surface area contributed by atoms with Crippen molar-refractivity contribution in [3.05, 3.63) is 17.8 Å². The Morgan fingerprint density at radius 3 is 2.67 bits per heavy atom. The second kappa shape index (κ2) is 4.70. The van der Waals surface area contributed by atoms with E-state index in [1.165, 1.54) is 0 Å². The van der Waals surface area contributed by atoms with Gasteiger partial charge in [0.15, 0.2) is 0 Å². The molecule has 0 amide bonds. The van der Waals surface area contributed by atoms with E-state index in [0.717, 1.165) is 35.9 Å². The molecule has 0 saturated carbocycles. The van der Waals surface area contributed by atoms with Crippen LogP contribution in [0.25, 0.3) is 0 Å². The summed E-state index contributed by atoms with van der Waals surface area (Å²) in [6, 6.07) is 4.28. The zero-order valence-electron chi connectivity index (χ0n) is 8.77. The first-order chi connectivity index (χ1) is 7.24. The molecule has 15 heavy (non-hydrogen) atoms. The van der Waals surface area contributed by atoms with Crippen molar-refractivity contribution in [2.24, 2.45) is 0 Å². The molecule has 0 bridgehead atoms. The highest BCUT2D eigenvalue weighted by Crippen LogP contribution is 2.14. The summed E-state index contributed by atoms with van der Waals surface area (Å²) in [6.45, 7) is 1.92. The highest BCUT2D eigenvalue weighted by atomic mass is 32.2. The van der Waals surface area contributed by atoms with Crippen molar-refractivity contribution in [3.8, 4) is 0 Å². The monoisotopic (exact) mass is 225 g/mol. The molecule has 1 aromatic heterocycles. The van der Waals surface area contributed by atoms with Crippen LogP contribution in [0.2, 0.25) is 0 Å². The Hall–Kier alpha value is -0.970. The normalized spacial score (nSPS) is 26.2. The molecular weight excluding hydrogens is 210 g/mol. The topological polar surface area (TPSA) is 54.9 Å². The molecule has 1 aliphatic rings. The highest BCUT2D eigenvalue weighted by molar-refractivity contribution is 7.85. The largest absolute Gasteiger partial charge is 0.366 e. The molecule has 1 fully saturated rings. The Morgan fingerprint density at radius 2 is 2.07 bits per heavy atom. The lowest BCUT2D eigenvalue weighted by Crippen LogP contribution is -2.29. The number of nitrogens with one attached hydrogen (secondary N) is 1. The third-order valence-corrected chi connectivity index (χ3v) is 3.92. The van der Waals surface area contributed by atoms with E-state index in [9.17, 15) is 4.21 Å². The third kappa shape index (κ3) is 2.99. The second-order valence-corrected chi connectivity index (χ2v) is 5.52. The van der Waals surface area contributed by atoms with Gasteiger partial charge < -0.3 is 5.32 Å². The van der Waals surface area contributed by atoms with E-state index in [1.807, 2.05) is 19.1 Å². The first-order valence-electron chi connectivity index (χ1n) is 5.16. The zero-order chi connectivity index (χ0) is 10.7. The van der Waals surface area contributed by atoms with Gasteiger partial charge in [0.05, 0.1) is 5.69 Å². The van der Waals surface area contributed by atoms with Gasteiger partial charge in [0, 0.05) is 28.3 Å². The van der Waals surface area contributed by atoms with Crippen LogP contribution in [0, 0.1) is 6.92 Å². The molecule has 0 radical (unpaired) electrons. The number of hydrogen-bond donors (Lipinski definition) is 1. The summed E-state index contributed by atoms with van der Waals surface area (Å²) >= 11 is 0. The highest BCUT2D eigenvalue weighted by Gasteiger charge is 2.17. The fourth-order valence-electron chi connectivity index (χ4n) is 1.62. The fraction of sp³-hybridized carbons (Fsp3) is 0.600. The minimum Gasteiger partial charge on any atom is -0.366 e. The van der Waals surface area contributed by atoms with Crippen molar-refractivity contribution < 1.29 is 4.21 Å². The van der Waals surface area contributed by atoms with Crippen LogP contribution < -0.4 is 5.32 Å². The maximum atomic E-state index is 11.2. The standard InChI is InChI=1S/C10H15N3OS/c1-8-2-3-10(13-12-8)11-9-4-6-15(14)7-5-9/h2-3,9H,4-7H2,1H3,(H,11,13). The van der Waals surface area contributed by atoms with E-state index >= 15 is 0 Å². The van der Waals surface area contributed by atoms with Crippen LogP contribution in [0.3, 0.4) is 0 Å². The molecule has 1 N–H and O–H groups in total. The number of aromatic nitrogens is 2. The molecule has 4 nitrogen and oxygen atoms in total. The lowest BCUT2D eigenvalue weighted by molar-refractivity contribution is 0.621. The van der Waals surface area contributed by atoms with Crippen LogP contribution in [-0.4, -0.2) is 32.0 Å². The Balaban J connectivity index is 1.91. The van der Waals surface area contributed by atoms with Gasteiger partial charge in [-0.05, 0) is 31.9 Å². The minimum atomic E-state index is -0.599. The number of aryl methyl sites for hydroxylation is 1. The molecule has 5 heteroatoms. The van der Waals surface area contributed by atoms with E-state index in [2.05, 4.69) is 15.5 Å². The van der Waals surface area contributed by atoms with Gasteiger partial charge in [0.1, 0.15) is 5.82 Å². The van der Waals surface area contributed by atoms with Gasteiger partial charge in [-0.1, -0.05) is 0 Å². The van der Waals surface area contributed by atoms with E-state index < -0.39 is 10.8 Å². The Labute approximate surface area is 91.9 Å². The lowest BCUT2D eigenvalue weighted by atomic mass is 10.1. The van der Waals surface area contributed by atoms with Crippen molar-refractivity contribution in [2.45, 2.75) is 25.8 Å². The van der Waals surface area contributed by atoms with Crippen LogP contribution in [0.15, 0.2) is 12.1 Å². The van der Waals surface area contributed by atoms with Gasteiger partial charge in [0.2, 0.25) is 0 Å². The molecule has 0 aromatic carbocycles. The molecular formula is C10H15N3OS. The summed E-state index contributed by atoms with van der Waals surface area (Å²) in [6.07, 6.45) is 1.92. The predicted molar refractivity (Wildman–Crippen MR) is 61.3 cm³/mol. The summed E-state index contributed by atoms with van der Waals surface area (Å²) in [7, 11) is -0.599. The van der Waals surface area contributed by atoms with Gasteiger partial charge in [-0.2, -0.15) is 5.10 Å². The van der Waals surface area contributed by atoms with Crippen LogP contribution >= 0.6 is 0 Å². The number of anilines is 1. The van der Waals surface area contributed by atoms with Gasteiger partial charge >= 0.3 is 0 Å². The minimum absolute atomic E-state index is 0.403. The number of hydrogen-bond acceptors (Lipinski definition) is 4. The molecule has 1 saturated heterocycles. The Kier molecular flexibility index (Phi) is 3.30. The Bertz CT molecular complexity index is 342. The fourth-order valence-corrected chi connectivity index (χ4v) is 2.92. The molecule has 1 aromatic rings. The first kappa shape index (κ1) is 10.5. The molecule has 2 heterocycles. The molecule has 82 valence electrons. The molecule has 2 rings (SSSR count). The van der Waals surface area contributed by atoms with Gasteiger partial charge in [0.25, 0.3) is 0 Å². The van der Waals surface area contributed by atoms with Crippen LogP contribution in [0.5, 0.6) is 0 Å². The average Bonchev–Trinajstić information content (AvgIpc) is 2.25. The SMILES string of the molecule is Cc1ccc(NC2CCS(=O)CC2)nn1. The predicted octanol–water partition coefficient (Wildman–Crippen LogP) is 1.11. The number of rotatable bonds is 2. The third-order valence-electron chi connectivity index (χ3n) is 2.54. The van der Waals surface area contributed by atoms with Crippen molar-refractivity contribution >= 4 is 16.6 Å². The van der Waals surface area contributed by atoms with Gasteiger partial charge in [-0.25, -0.2) is 0 Å². The molecule has 0 spiro atoms. The van der Waals surface area contributed by atoms with E-state index in [-0.39, 0.29) is 0 Å². The smallest absolute Gasteiger partial charge is 0.148 e. The molecule has 0 unspecified atom stereocenters. The first-order valence-corrected chi connectivity index (χ1v) is 6.65. The quantitative estimate of drug-likeness (QED) is 0.819. The van der Waals surface area contributed by atoms with E-state index in [4.69, 9.17) is 0 Å². The van der Waals surface area contributed by atoms with Crippen LogP contribution in [0.1, 0.15) is 18.5 Å². The van der Waals surface area contributed by atoms with Crippen LogP contribution in [0.4, 0.5) is 5.82 Å². The Morgan fingerprint density at radius 1 is 1.33 bits per heavy atom. The molecule has 0 atom stereocenters.